The summed E-state index contributed by atoms with van der Waals surface area (Å²) in [5, 5.41) is 10.3. The van der Waals surface area contributed by atoms with Crippen LogP contribution in [0.5, 0.6) is 0 Å². The van der Waals surface area contributed by atoms with Crippen LogP contribution in [-0.4, -0.2) is 35.1 Å². The number of fused-ring (bicyclic) bond motifs is 1. The molecule has 24 heavy (non-hydrogen) atoms. The van der Waals surface area contributed by atoms with Crippen molar-refractivity contribution in [3.8, 4) is 0 Å². The molecule has 6 nitrogen and oxygen atoms in total. The van der Waals surface area contributed by atoms with Gasteiger partial charge in [0, 0.05) is 12.2 Å². The van der Waals surface area contributed by atoms with Crippen molar-refractivity contribution >= 4 is 17.5 Å². The highest BCUT2D eigenvalue weighted by Crippen LogP contribution is 2.25. The van der Waals surface area contributed by atoms with Gasteiger partial charge >= 0.3 is 0 Å². The molecule has 2 aromatic rings. The number of anilines is 1. The third-order valence-corrected chi connectivity index (χ3v) is 4.09. The second-order valence-corrected chi connectivity index (χ2v) is 5.87. The molecule has 1 aromatic heterocycles. The van der Waals surface area contributed by atoms with Gasteiger partial charge in [0.2, 0.25) is 5.91 Å². The minimum Gasteiger partial charge on any atom is -0.342 e. The molecule has 0 unspecified atom stereocenters. The normalized spacial score (nSPS) is 13.8. The second kappa shape index (κ2) is 7.21. The number of carbonyl (C=O) groups is 2. The van der Waals surface area contributed by atoms with Gasteiger partial charge < -0.3 is 10.2 Å². The molecular formula is C18H20N4O2. The molecule has 2 heterocycles. The third-order valence-electron chi connectivity index (χ3n) is 4.09. The van der Waals surface area contributed by atoms with Crippen molar-refractivity contribution in [2.45, 2.75) is 26.2 Å². The van der Waals surface area contributed by atoms with Crippen LogP contribution in [-0.2, 0) is 11.2 Å². The molecule has 0 saturated carbocycles. The molecule has 0 aliphatic carbocycles. The SMILES string of the molecule is Cc1ccc(C(=O)NCC(=O)N2CCCCc3ccccc32)nn1. The number of para-hydroxylation sites is 1. The molecule has 0 fully saturated rings. The first-order valence-corrected chi connectivity index (χ1v) is 8.12. The van der Waals surface area contributed by atoms with Crippen LogP contribution >= 0.6 is 0 Å². The molecular weight excluding hydrogens is 304 g/mol. The highest BCUT2D eigenvalue weighted by molar-refractivity contribution is 6.00. The lowest BCUT2D eigenvalue weighted by molar-refractivity contribution is -0.117. The summed E-state index contributed by atoms with van der Waals surface area (Å²) in [5.74, 6) is -0.503. The number of carbonyl (C=O) groups excluding carboxylic acids is 2. The Balaban J connectivity index is 1.66. The van der Waals surface area contributed by atoms with Crippen LogP contribution in [0, 0.1) is 6.92 Å². The predicted molar refractivity (Wildman–Crippen MR) is 90.8 cm³/mol. The first kappa shape index (κ1) is 16.1. The van der Waals surface area contributed by atoms with E-state index >= 15 is 0 Å². The summed E-state index contributed by atoms with van der Waals surface area (Å²) in [5.41, 5.74) is 3.08. The van der Waals surface area contributed by atoms with Crippen molar-refractivity contribution < 1.29 is 9.59 Å². The number of hydrogen-bond acceptors (Lipinski definition) is 4. The van der Waals surface area contributed by atoms with E-state index in [0.29, 0.717) is 6.54 Å². The van der Waals surface area contributed by atoms with Crippen molar-refractivity contribution in [1.29, 1.82) is 0 Å². The summed E-state index contributed by atoms with van der Waals surface area (Å²) >= 11 is 0. The molecule has 1 aliphatic heterocycles. The summed E-state index contributed by atoms with van der Waals surface area (Å²) in [7, 11) is 0. The Labute approximate surface area is 140 Å². The standard InChI is InChI=1S/C18H20N4O2/c1-13-9-10-15(21-20-13)18(24)19-12-17(23)22-11-5-4-7-14-6-2-3-8-16(14)22/h2-3,6,8-10H,4-5,7,11-12H2,1H3,(H,19,24). The van der Waals surface area contributed by atoms with Gasteiger partial charge in [-0.2, -0.15) is 5.10 Å². The smallest absolute Gasteiger partial charge is 0.272 e. The zero-order valence-electron chi connectivity index (χ0n) is 13.7. The Kier molecular flexibility index (Phi) is 4.84. The largest absolute Gasteiger partial charge is 0.342 e. The number of hydrogen-bond donors (Lipinski definition) is 1. The van der Waals surface area contributed by atoms with Crippen LogP contribution in [0.2, 0.25) is 0 Å². The number of aryl methyl sites for hydroxylation is 2. The number of rotatable bonds is 3. The van der Waals surface area contributed by atoms with E-state index in [-0.39, 0.29) is 24.1 Å². The van der Waals surface area contributed by atoms with E-state index in [2.05, 4.69) is 21.6 Å². The fraction of sp³-hybridized carbons (Fsp3) is 0.333. The molecule has 0 atom stereocenters. The summed E-state index contributed by atoms with van der Waals surface area (Å²) in [4.78, 5) is 26.4. The number of amides is 2. The highest BCUT2D eigenvalue weighted by atomic mass is 16.2. The van der Waals surface area contributed by atoms with Crippen molar-refractivity contribution in [3.05, 3.63) is 53.3 Å². The van der Waals surface area contributed by atoms with Gasteiger partial charge in [0.05, 0.1) is 12.2 Å². The maximum absolute atomic E-state index is 12.6. The molecule has 0 bridgehead atoms. The molecule has 0 radical (unpaired) electrons. The first-order valence-electron chi connectivity index (χ1n) is 8.12. The van der Waals surface area contributed by atoms with Gasteiger partial charge in [0.25, 0.3) is 5.91 Å². The minimum absolute atomic E-state index is 0.0529. The topological polar surface area (TPSA) is 75.2 Å². The summed E-state index contributed by atoms with van der Waals surface area (Å²) < 4.78 is 0. The summed E-state index contributed by atoms with van der Waals surface area (Å²) in [6.07, 6.45) is 3.00. The van der Waals surface area contributed by atoms with Crippen molar-refractivity contribution in [1.82, 2.24) is 15.5 Å². The fourth-order valence-electron chi connectivity index (χ4n) is 2.81. The van der Waals surface area contributed by atoms with Crippen molar-refractivity contribution in [2.24, 2.45) is 0 Å². The molecule has 3 rings (SSSR count). The van der Waals surface area contributed by atoms with Crippen LogP contribution < -0.4 is 10.2 Å². The number of nitrogens with zero attached hydrogens (tertiary/aromatic N) is 3. The van der Waals surface area contributed by atoms with Gasteiger partial charge in [0.1, 0.15) is 0 Å². The monoisotopic (exact) mass is 324 g/mol. The van der Waals surface area contributed by atoms with Crippen molar-refractivity contribution in [3.63, 3.8) is 0 Å². The summed E-state index contributed by atoms with van der Waals surface area (Å²) in [6, 6.07) is 11.3. The van der Waals surface area contributed by atoms with Crippen LogP contribution in [0.3, 0.4) is 0 Å². The Morgan fingerprint density at radius 2 is 1.96 bits per heavy atom. The second-order valence-electron chi connectivity index (χ2n) is 5.87. The van der Waals surface area contributed by atoms with Crippen LogP contribution in [0.25, 0.3) is 0 Å². The van der Waals surface area contributed by atoms with Gasteiger partial charge in [-0.3, -0.25) is 9.59 Å². The van der Waals surface area contributed by atoms with Gasteiger partial charge in [-0.15, -0.1) is 5.10 Å². The van der Waals surface area contributed by atoms with Crippen LogP contribution in [0.4, 0.5) is 5.69 Å². The Morgan fingerprint density at radius 1 is 1.12 bits per heavy atom. The Hall–Kier alpha value is -2.76. The Morgan fingerprint density at radius 3 is 2.75 bits per heavy atom. The van der Waals surface area contributed by atoms with Crippen molar-refractivity contribution in [2.75, 3.05) is 18.0 Å². The average molecular weight is 324 g/mol. The molecule has 1 aromatic carbocycles. The lowest BCUT2D eigenvalue weighted by atomic mass is 10.1. The van der Waals surface area contributed by atoms with E-state index in [0.717, 1.165) is 30.6 Å². The van der Waals surface area contributed by atoms with E-state index in [1.54, 1.807) is 24.0 Å². The van der Waals surface area contributed by atoms with Gasteiger partial charge in [-0.05, 0) is 49.9 Å². The first-order chi connectivity index (χ1) is 11.6. The minimum atomic E-state index is -0.390. The maximum atomic E-state index is 12.6. The molecule has 0 saturated heterocycles. The van der Waals surface area contributed by atoms with E-state index < -0.39 is 0 Å². The molecule has 0 spiro atoms. The van der Waals surface area contributed by atoms with Gasteiger partial charge in [-0.1, -0.05) is 18.2 Å². The predicted octanol–water partition coefficient (Wildman–Crippen LogP) is 1.88. The molecule has 124 valence electrons. The third kappa shape index (κ3) is 3.59. The zero-order valence-corrected chi connectivity index (χ0v) is 13.7. The molecule has 1 aliphatic rings. The number of aromatic nitrogens is 2. The van der Waals surface area contributed by atoms with Crippen LogP contribution in [0.15, 0.2) is 36.4 Å². The van der Waals surface area contributed by atoms with Crippen LogP contribution in [0.1, 0.15) is 34.6 Å². The lowest BCUT2D eigenvalue weighted by Crippen LogP contribution is -2.41. The molecule has 1 N–H and O–H groups in total. The summed E-state index contributed by atoms with van der Waals surface area (Å²) in [6.45, 7) is 2.42. The fourth-order valence-corrected chi connectivity index (χ4v) is 2.81. The zero-order chi connectivity index (χ0) is 16.9. The number of benzene rings is 1. The van der Waals surface area contributed by atoms with E-state index in [1.165, 1.54) is 5.56 Å². The van der Waals surface area contributed by atoms with E-state index in [4.69, 9.17) is 0 Å². The Bertz CT molecular complexity index is 743. The molecule has 6 heteroatoms. The quantitative estimate of drug-likeness (QED) is 0.935. The van der Waals surface area contributed by atoms with E-state index in [9.17, 15) is 9.59 Å². The lowest BCUT2D eigenvalue weighted by Gasteiger charge is -2.23. The van der Waals surface area contributed by atoms with Gasteiger partial charge in [0.15, 0.2) is 5.69 Å². The highest BCUT2D eigenvalue weighted by Gasteiger charge is 2.21. The van der Waals surface area contributed by atoms with Gasteiger partial charge in [-0.25, -0.2) is 0 Å². The average Bonchev–Trinajstić information content (AvgIpc) is 2.82. The maximum Gasteiger partial charge on any atom is 0.272 e. The number of nitrogens with one attached hydrogen (secondary N) is 1. The van der Waals surface area contributed by atoms with E-state index in [1.807, 2.05) is 18.2 Å². The molecule has 2 amide bonds.